The molecule has 0 aliphatic rings. The van der Waals surface area contributed by atoms with Gasteiger partial charge >= 0.3 is 29.6 Å². The van der Waals surface area contributed by atoms with Crippen molar-refractivity contribution in [2.45, 2.75) is 0 Å². The maximum absolute atomic E-state index is 3.95. The molecule has 0 fully saturated rings. The predicted molar refractivity (Wildman–Crippen MR) is 48.4 cm³/mol. The second-order valence-electron chi connectivity index (χ2n) is 2.64. The molecule has 0 atom stereocenters. The topological polar surface area (TPSA) is 0 Å². The first-order valence-corrected chi connectivity index (χ1v) is 3.67. The van der Waals surface area contributed by atoms with Crippen LogP contribution in [-0.2, 0) is 0 Å². The van der Waals surface area contributed by atoms with Gasteiger partial charge in [-0.3, -0.25) is 0 Å². The van der Waals surface area contributed by atoms with E-state index in [1.807, 2.05) is 24.3 Å². The first kappa shape index (κ1) is 9.66. The molecule has 0 radical (unpaired) electrons. The summed E-state index contributed by atoms with van der Waals surface area (Å²) in [5.74, 6) is 0. The summed E-state index contributed by atoms with van der Waals surface area (Å²) in [5.41, 5.74) is 1.10. The Morgan fingerprint density at radius 2 is 1.50 bits per heavy atom. The van der Waals surface area contributed by atoms with Crippen LogP contribution in [0.5, 0.6) is 0 Å². The molecule has 0 unspecified atom stereocenters. The molecule has 2 aromatic rings. The molecule has 0 saturated carbocycles. The maximum Gasteiger partial charge on any atom is 1.00 e. The van der Waals surface area contributed by atoms with Crippen LogP contribution in [-0.4, -0.2) is 0 Å². The Labute approximate surface area is 94.9 Å². The molecule has 0 aromatic heterocycles. The van der Waals surface area contributed by atoms with Gasteiger partial charge in [0.05, 0.1) is 0 Å². The monoisotopic (exact) mass is 164 g/mol. The summed E-state index contributed by atoms with van der Waals surface area (Å²) < 4.78 is 0. The van der Waals surface area contributed by atoms with Crippen molar-refractivity contribution in [1.29, 1.82) is 0 Å². The zero-order valence-corrected chi connectivity index (χ0v) is 9.25. The van der Waals surface area contributed by atoms with E-state index in [1.54, 1.807) is 0 Å². The minimum absolute atomic E-state index is 0. The minimum Gasteiger partial charge on any atom is -0.198 e. The number of hydrogen-bond acceptors (Lipinski definition) is 0. The molecule has 2 aromatic carbocycles. The van der Waals surface area contributed by atoms with Gasteiger partial charge in [-0.05, 0) is 0 Å². The molecule has 0 saturated heterocycles. The van der Waals surface area contributed by atoms with E-state index in [-0.39, 0.29) is 29.6 Å². The Bertz CT molecular complexity index is 374. The first-order valence-electron chi connectivity index (χ1n) is 3.67. The van der Waals surface area contributed by atoms with Gasteiger partial charge in [-0.2, -0.15) is 18.6 Å². The number of fused-ring (bicyclic) bond motifs is 1. The molecule has 0 amide bonds. The van der Waals surface area contributed by atoms with Crippen LogP contribution < -0.4 is 29.6 Å². The van der Waals surface area contributed by atoms with Crippen molar-refractivity contribution in [1.82, 2.24) is 0 Å². The quantitative estimate of drug-likeness (QED) is 0.380. The van der Waals surface area contributed by atoms with Crippen molar-refractivity contribution in [2.24, 2.45) is 0 Å². The minimum atomic E-state index is 0. The van der Waals surface area contributed by atoms with E-state index >= 15 is 0 Å². The molecule has 0 aliphatic heterocycles. The SMILES string of the molecule is [CH2-]c1cccc2ccccc12.[Na+]. The molecule has 0 bridgehead atoms. The number of hydrogen-bond donors (Lipinski definition) is 0. The summed E-state index contributed by atoms with van der Waals surface area (Å²) in [6, 6.07) is 14.4. The third kappa shape index (κ3) is 1.66. The average Bonchev–Trinajstić information content (AvgIpc) is 2.06. The largest absolute Gasteiger partial charge is 1.00 e. The third-order valence-electron chi connectivity index (χ3n) is 1.88. The smallest absolute Gasteiger partial charge is 0.198 e. The summed E-state index contributed by atoms with van der Waals surface area (Å²) >= 11 is 0. The Morgan fingerprint density at radius 1 is 0.833 bits per heavy atom. The zero-order valence-electron chi connectivity index (χ0n) is 7.25. The average molecular weight is 164 g/mol. The molecule has 54 valence electrons. The van der Waals surface area contributed by atoms with E-state index in [1.165, 1.54) is 10.8 Å². The van der Waals surface area contributed by atoms with Crippen LogP contribution in [0.2, 0.25) is 0 Å². The Kier molecular flexibility index (Phi) is 3.21. The van der Waals surface area contributed by atoms with E-state index in [0.717, 1.165) is 5.56 Å². The van der Waals surface area contributed by atoms with E-state index < -0.39 is 0 Å². The van der Waals surface area contributed by atoms with Crippen LogP contribution in [0, 0.1) is 6.92 Å². The van der Waals surface area contributed by atoms with Crippen molar-refractivity contribution in [3.8, 4) is 0 Å². The van der Waals surface area contributed by atoms with Gasteiger partial charge in [0.2, 0.25) is 0 Å². The summed E-state index contributed by atoms with van der Waals surface area (Å²) in [5, 5.41) is 2.51. The van der Waals surface area contributed by atoms with Crippen LogP contribution in [0.15, 0.2) is 42.5 Å². The van der Waals surface area contributed by atoms with E-state index in [9.17, 15) is 0 Å². The van der Waals surface area contributed by atoms with Gasteiger partial charge in [-0.25, -0.2) is 0 Å². The van der Waals surface area contributed by atoms with Gasteiger partial charge in [-0.1, -0.05) is 29.7 Å². The Balaban J connectivity index is 0.000000720. The summed E-state index contributed by atoms with van der Waals surface area (Å²) in [7, 11) is 0. The molecule has 0 spiro atoms. The summed E-state index contributed by atoms with van der Waals surface area (Å²) in [6.45, 7) is 3.95. The normalized spacial score (nSPS) is 9.33. The summed E-state index contributed by atoms with van der Waals surface area (Å²) in [6.07, 6.45) is 0. The fourth-order valence-corrected chi connectivity index (χ4v) is 1.29. The van der Waals surface area contributed by atoms with Crippen molar-refractivity contribution < 1.29 is 29.6 Å². The maximum atomic E-state index is 3.95. The van der Waals surface area contributed by atoms with Gasteiger partial charge in [-0.15, -0.1) is 17.5 Å². The van der Waals surface area contributed by atoms with Crippen LogP contribution in [0.4, 0.5) is 0 Å². The van der Waals surface area contributed by atoms with Crippen LogP contribution in [0.1, 0.15) is 5.56 Å². The van der Waals surface area contributed by atoms with Gasteiger partial charge in [0.25, 0.3) is 0 Å². The van der Waals surface area contributed by atoms with Gasteiger partial charge < -0.3 is 0 Å². The molecule has 0 heterocycles. The van der Waals surface area contributed by atoms with Crippen LogP contribution in [0.3, 0.4) is 0 Å². The fourth-order valence-electron chi connectivity index (χ4n) is 1.29. The molecule has 0 nitrogen and oxygen atoms in total. The summed E-state index contributed by atoms with van der Waals surface area (Å²) in [4.78, 5) is 0. The first-order chi connectivity index (χ1) is 5.38. The fraction of sp³-hybridized carbons (Fsp3) is 0. The van der Waals surface area contributed by atoms with Gasteiger partial charge in [0.15, 0.2) is 0 Å². The van der Waals surface area contributed by atoms with Crippen molar-refractivity contribution in [3.63, 3.8) is 0 Å². The standard InChI is InChI=1S/C11H9.Na/c1-9-5-4-7-10-6-2-3-8-11(9)10;/h2-8H,1H2;/q-1;+1. The Morgan fingerprint density at radius 3 is 2.25 bits per heavy atom. The van der Waals surface area contributed by atoms with E-state index in [0.29, 0.717) is 0 Å². The second-order valence-corrected chi connectivity index (χ2v) is 2.64. The molecule has 0 N–H and O–H groups in total. The van der Waals surface area contributed by atoms with Gasteiger partial charge in [0.1, 0.15) is 0 Å². The third-order valence-corrected chi connectivity index (χ3v) is 1.88. The van der Waals surface area contributed by atoms with Crippen LogP contribution >= 0.6 is 0 Å². The second kappa shape index (κ2) is 3.99. The number of benzene rings is 2. The van der Waals surface area contributed by atoms with Crippen molar-refractivity contribution in [3.05, 3.63) is 55.0 Å². The molecular weight excluding hydrogens is 155 g/mol. The number of rotatable bonds is 0. The van der Waals surface area contributed by atoms with Crippen LogP contribution in [0.25, 0.3) is 10.8 Å². The molecular formula is C11H9Na. The predicted octanol–water partition coefficient (Wildman–Crippen LogP) is 0.0260. The van der Waals surface area contributed by atoms with E-state index in [4.69, 9.17) is 0 Å². The molecule has 1 heteroatoms. The molecule has 2 rings (SSSR count). The van der Waals surface area contributed by atoms with Crippen molar-refractivity contribution >= 4 is 10.8 Å². The molecule has 12 heavy (non-hydrogen) atoms. The molecule has 0 aliphatic carbocycles. The van der Waals surface area contributed by atoms with Gasteiger partial charge in [0, 0.05) is 0 Å². The van der Waals surface area contributed by atoms with Crippen molar-refractivity contribution in [2.75, 3.05) is 0 Å². The van der Waals surface area contributed by atoms with E-state index in [2.05, 4.69) is 25.1 Å². The Hall–Kier alpha value is -0.430. The zero-order chi connectivity index (χ0) is 7.68.